The Bertz CT molecular complexity index is 1030. The molecule has 4 nitrogen and oxygen atoms in total. The summed E-state index contributed by atoms with van der Waals surface area (Å²) in [6.07, 6.45) is -3.64. The number of piperazine rings is 1. The van der Waals surface area contributed by atoms with Crippen LogP contribution in [-0.2, 0) is 12.7 Å². The molecule has 1 fully saturated rings. The molecular formula is C21H19ClF3N3O. The van der Waals surface area contributed by atoms with Crippen molar-refractivity contribution in [1.82, 2.24) is 9.88 Å². The lowest BCUT2D eigenvalue weighted by molar-refractivity contribution is -0.137. The van der Waals surface area contributed by atoms with Crippen LogP contribution in [-0.4, -0.2) is 41.2 Å². The minimum absolute atomic E-state index is 0.0000251. The molecule has 1 aliphatic heterocycles. The predicted octanol–water partition coefficient (Wildman–Crippen LogP) is 4.93. The van der Waals surface area contributed by atoms with E-state index in [0.717, 1.165) is 28.6 Å². The van der Waals surface area contributed by atoms with Crippen molar-refractivity contribution in [3.63, 3.8) is 0 Å². The summed E-state index contributed by atoms with van der Waals surface area (Å²) in [7, 11) is 0. The number of benzene rings is 2. The quantitative estimate of drug-likeness (QED) is 0.650. The molecule has 2 heterocycles. The van der Waals surface area contributed by atoms with Crippen LogP contribution in [0.1, 0.15) is 11.1 Å². The number of fused-ring (bicyclic) bond motifs is 1. The second-order valence-electron chi connectivity index (χ2n) is 7.07. The topological polar surface area (TPSA) is 39.6 Å². The van der Waals surface area contributed by atoms with Gasteiger partial charge in [0, 0.05) is 44.5 Å². The summed E-state index contributed by atoms with van der Waals surface area (Å²) < 4.78 is 38.4. The molecule has 3 aromatic rings. The van der Waals surface area contributed by atoms with Gasteiger partial charge in [0.1, 0.15) is 11.6 Å². The van der Waals surface area contributed by atoms with E-state index in [4.69, 9.17) is 11.6 Å². The maximum atomic E-state index is 12.8. The van der Waals surface area contributed by atoms with Crippen molar-refractivity contribution < 1.29 is 18.3 Å². The third-order valence-electron chi connectivity index (χ3n) is 5.22. The van der Waals surface area contributed by atoms with Gasteiger partial charge in [-0.3, -0.25) is 4.90 Å². The van der Waals surface area contributed by atoms with Crippen molar-refractivity contribution in [2.24, 2.45) is 0 Å². The SMILES string of the molecule is Oc1ccc2ccccc2c1CN1CCN(c2ncc(C(F)(F)F)cc2Cl)CC1. The Balaban J connectivity index is 1.46. The number of hydrogen-bond acceptors (Lipinski definition) is 4. The highest BCUT2D eigenvalue weighted by atomic mass is 35.5. The highest BCUT2D eigenvalue weighted by Crippen LogP contribution is 2.34. The van der Waals surface area contributed by atoms with Crippen LogP contribution >= 0.6 is 11.6 Å². The molecule has 152 valence electrons. The maximum absolute atomic E-state index is 12.8. The average molecular weight is 422 g/mol. The molecule has 1 saturated heterocycles. The van der Waals surface area contributed by atoms with E-state index < -0.39 is 11.7 Å². The second-order valence-corrected chi connectivity index (χ2v) is 7.48. The summed E-state index contributed by atoms with van der Waals surface area (Å²) in [6.45, 7) is 3.13. The summed E-state index contributed by atoms with van der Waals surface area (Å²) in [6, 6.07) is 12.4. The first-order valence-corrected chi connectivity index (χ1v) is 9.60. The molecule has 2 aromatic carbocycles. The Kier molecular flexibility index (Phi) is 5.27. The number of alkyl halides is 3. The Hall–Kier alpha value is -2.51. The molecule has 0 radical (unpaired) electrons. The molecule has 1 aliphatic rings. The molecule has 1 N–H and O–H groups in total. The number of halogens is 4. The van der Waals surface area contributed by atoms with Crippen molar-refractivity contribution >= 4 is 28.2 Å². The molecule has 0 spiro atoms. The molecule has 0 atom stereocenters. The summed E-state index contributed by atoms with van der Waals surface area (Å²) in [5, 5.41) is 12.4. The lowest BCUT2D eigenvalue weighted by Gasteiger charge is -2.36. The molecule has 4 rings (SSSR count). The first-order valence-electron chi connectivity index (χ1n) is 9.22. The zero-order valence-corrected chi connectivity index (χ0v) is 16.2. The van der Waals surface area contributed by atoms with Crippen LogP contribution in [0.25, 0.3) is 10.8 Å². The fourth-order valence-electron chi connectivity index (χ4n) is 3.65. The molecular weight excluding hydrogens is 403 g/mol. The van der Waals surface area contributed by atoms with E-state index in [1.54, 1.807) is 6.07 Å². The number of pyridine rings is 1. The molecule has 0 amide bonds. The minimum atomic E-state index is -4.46. The second kappa shape index (κ2) is 7.72. The van der Waals surface area contributed by atoms with E-state index >= 15 is 0 Å². The number of rotatable bonds is 3. The highest BCUT2D eigenvalue weighted by molar-refractivity contribution is 6.33. The van der Waals surface area contributed by atoms with E-state index in [0.29, 0.717) is 38.5 Å². The van der Waals surface area contributed by atoms with E-state index in [9.17, 15) is 18.3 Å². The highest BCUT2D eigenvalue weighted by Gasteiger charge is 2.32. The Morgan fingerprint density at radius 1 is 1.03 bits per heavy atom. The van der Waals surface area contributed by atoms with Crippen molar-refractivity contribution in [2.75, 3.05) is 31.1 Å². The van der Waals surface area contributed by atoms with Gasteiger partial charge in [-0.2, -0.15) is 13.2 Å². The number of phenolic OH excluding ortho intramolecular Hbond substituents is 1. The number of aromatic nitrogens is 1. The number of anilines is 1. The zero-order chi connectivity index (χ0) is 20.6. The van der Waals surface area contributed by atoms with Crippen molar-refractivity contribution in [2.45, 2.75) is 12.7 Å². The number of hydrogen-bond donors (Lipinski definition) is 1. The van der Waals surface area contributed by atoms with E-state index in [-0.39, 0.29) is 10.8 Å². The van der Waals surface area contributed by atoms with Gasteiger partial charge >= 0.3 is 6.18 Å². The Labute approximate surface area is 171 Å². The fourth-order valence-corrected chi connectivity index (χ4v) is 3.94. The van der Waals surface area contributed by atoms with Crippen molar-refractivity contribution in [3.05, 3.63) is 64.8 Å². The Morgan fingerprint density at radius 3 is 2.45 bits per heavy atom. The third kappa shape index (κ3) is 4.11. The first-order chi connectivity index (χ1) is 13.8. The van der Waals surface area contributed by atoms with Crippen LogP contribution in [0.3, 0.4) is 0 Å². The van der Waals surface area contributed by atoms with Crippen molar-refractivity contribution in [3.8, 4) is 5.75 Å². The summed E-state index contributed by atoms with van der Waals surface area (Å²) in [5.74, 6) is 0.630. The fraction of sp³-hybridized carbons (Fsp3) is 0.286. The van der Waals surface area contributed by atoms with Gasteiger partial charge in [-0.25, -0.2) is 4.98 Å². The molecule has 1 aromatic heterocycles. The molecule has 0 bridgehead atoms. The van der Waals surface area contributed by atoms with Crippen LogP contribution in [0.2, 0.25) is 5.02 Å². The standard InChI is InChI=1S/C21H19ClF3N3O/c22-18-11-15(21(23,24)25)12-26-20(18)28-9-7-27(8-10-28)13-17-16-4-2-1-3-14(16)5-6-19(17)29/h1-6,11-12,29H,7-10,13H2. The van der Waals surface area contributed by atoms with Gasteiger partial charge in [-0.05, 0) is 22.9 Å². The number of phenols is 1. The summed E-state index contributed by atoms with van der Waals surface area (Å²) >= 11 is 6.07. The van der Waals surface area contributed by atoms with Gasteiger partial charge in [0.05, 0.1) is 10.6 Å². The van der Waals surface area contributed by atoms with Gasteiger partial charge < -0.3 is 10.0 Å². The van der Waals surface area contributed by atoms with E-state index in [1.807, 2.05) is 35.2 Å². The van der Waals surface area contributed by atoms with Crippen LogP contribution in [0.5, 0.6) is 5.75 Å². The van der Waals surface area contributed by atoms with Crippen molar-refractivity contribution in [1.29, 1.82) is 0 Å². The zero-order valence-electron chi connectivity index (χ0n) is 15.5. The molecule has 0 unspecified atom stereocenters. The lowest BCUT2D eigenvalue weighted by atomic mass is 10.0. The predicted molar refractivity (Wildman–Crippen MR) is 107 cm³/mol. The number of aromatic hydroxyl groups is 1. The van der Waals surface area contributed by atoms with Gasteiger partial charge in [0.15, 0.2) is 0 Å². The third-order valence-corrected chi connectivity index (χ3v) is 5.50. The molecule has 8 heteroatoms. The van der Waals surface area contributed by atoms with E-state index in [2.05, 4.69) is 9.88 Å². The smallest absolute Gasteiger partial charge is 0.417 e. The van der Waals surface area contributed by atoms with Gasteiger partial charge in [0.2, 0.25) is 0 Å². The van der Waals surface area contributed by atoms with Crippen LogP contribution in [0.4, 0.5) is 19.0 Å². The monoisotopic (exact) mass is 421 g/mol. The van der Waals surface area contributed by atoms with E-state index in [1.165, 1.54) is 0 Å². The average Bonchev–Trinajstić information content (AvgIpc) is 2.70. The van der Waals surface area contributed by atoms with Crippen LogP contribution < -0.4 is 4.90 Å². The van der Waals surface area contributed by atoms with Gasteiger partial charge in [0.25, 0.3) is 0 Å². The number of nitrogens with zero attached hydrogens (tertiary/aromatic N) is 3. The Morgan fingerprint density at radius 2 is 1.76 bits per heavy atom. The van der Waals surface area contributed by atoms with Gasteiger partial charge in [-0.15, -0.1) is 0 Å². The van der Waals surface area contributed by atoms with Crippen LogP contribution in [0, 0.1) is 0 Å². The summed E-state index contributed by atoms with van der Waals surface area (Å²) in [4.78, 5) is 8.04. The molecule has 0 saturated carbocycles. The normalized spacial score (nSPS) is 15.8. The molecule has 29 heavy (non-hydrogen) atoms. The van der Waals surface area contributed by atoms with Gasteiger partial charge in [-0.1, -0.05) is 41.9 Å². The lowest BCUT2D eigenvalue weighted by Crippen LogP contribution is -2.46. The maximum Gasteiger partial charge on any atom is 0.417 e. The molecule has 0 aliphatic carbocycles. The largest absolute Gasteiger partial charge is 0.508 e. The minimum Gasteiger partial charge on any atom is -0.508 e. The first kappa shape index (κ1) is 19.8. The summed E-state index contributed by atoms with van der Waals surface area (Å²) in [5.41, 5.74) is 0.0264. The van der Waals surface area contributed by atoms with Crippen LogP contribution in [0.15, 0.2) is 48.7 Å².